The number of carbonyl (C=O) groups is 1. The van der Waals surface area contributed by atoms with E-state index in [1.807, 2.05) is 26.0 Å². The smallest absolute Gasteiger partial charge is 0.336 e. The van der Waals surface area contributed by atoms with Crippen LogP contribution in [0.2, 0.25) is 0 Å². The zero-order valence-corrected chi connectivity index (χ0v) is 15.0. The van der Waals surface area contributed by atoms with Gasteiger partial charge in [0.05, 0.1) is 0 Å². The molecule has 0 fully saturated rings. The van der Waals surface area contributed by atoms with Crippen LogP contribution < -0.4 is 10.4 Å². The van der Waals surface area contributed by atoms with Crippen molar-refractivity contribution >= 4 is 16.9 Å². The molecule has 0 aliphatic heterocycles. The van der Waals surface area contributed by atoms with Gasteiger partial charge in [-0.05, 0) is 44.9 Å². The quantitative estimate of drug-likeness (QED) is 0.762. The highest BCUT2D eigenvalue weighted by molar-refractivity contribution is 5.85. The second kappa shape index (κ2) is 7.51. The molecule has 2 rings (SSSR count). The number of rotatable bonds is 6. The largest absolute Gasteiger partial charge is 0.480 e. The molecule has 1 aromatic carbocycles. The summed E-state index contributed by atoms with van der Waals surface area (Å²) in [6, 6.07) is 5.28. The van der Waals surface area contributed by atoms with Crippen molar-refractivity contribution in [2.24, 2.45) is 0 Å². The minimum absolute atomic E-state index is 0.0850. The van der Waals surface area contributed by atoms with Gasteiger partial charge in [0, 0.05) is 30.6 Å². The monoisotopic (exact) mass is 331 g/mol. The van der Waals surface area contributed by atoms with Gasteiger partial charge in [0.1, 0.15) is 11.3 Å². The standard InChI is InChI=1S/C19H25NO4/c1-6-8-14-11-17(21)24-18-12(3)16(10-9-15(14)18)23-13(4)19(22)20(5)7-2/h9-11,13H,6-8H2,1-5H3. The molecular weight excluding hydrogens is 306 g/mol. The molecule has 1 unspecified atom stereocenters. The van der Waals surface area contributed by atoms with E-state index in [9.17, 15) is 9.59 Å². The number of aryl methyl sites for hydroxylation is 2. The maximum Gasteiger partial charge on any atom is 0.336 e. The first kappa shape index (κ1) is 18.0. The molecule has 0 bridgehead atoms. The predicted octanol–water partition coefficient (Wildman–Crippen LogP) is 3.30. The fraction of sp³-hybridized carbons (Fsp3) is 0.474. The lowest BCUT2D eigenvalue weighted by Crippen LogP contribution is -2.37. The van der Waals surface area contributed by atoms with Crippen LogP contribution >= 0.6 is 0 Å². The van der Waals surface area contributed by atoms with E-state index in [1.165, 1.54) is 0 Å². The van der Waals surface area contributed by atoms with E-state index in [4.69, 9.17) is 9.15 Å². The lowest BCUT2D eigenvalue weighted by molar-refractivity contribution is -0.136. The molecule has 130 valence electrons. The number of ether oxygens (including phenoxy) is 1. The van der Waals surface area contributed by atoms with Crippen molar-refractivity contribution in [2.45, 2.75) is 46.6 Å². The predicted molar refractivity (Wildman–Crippen MR) is 94.6 cm³/mol. The summed E-state index contributed by atoms with van der Waals surface area (Å²) < 4.78 is 11.2. The van der Waals surface area contributed by atoms with Crippen LogP contribution in [0, 0.1) is 6.92 Å². The van der Waals surface area contributed by atoms with E-state index in [0.717, 1.165) is 29.4 Å². The molecule has 1 heterocycles. The summed E-state index contributed by atoms with van der Waals surface area (Å²) in [6.45, 7) is 8.18. The number of fused-ring (bicyclic) bond motifs is 1. The molecule has 24 heavy (non-hydrogen) atoms. The maximum absolute atomic E-state index is 12.2. The Bertz CT molecular complexity index is 794. The van der Waals surface area contributed by atoms with E-state index in [0.29, 0.717) is 17.9 Å². The molecule has 0 aliphatic carbocycles. The summed E-state index contributed by atoms with van der Waals surface area (Å²) in [5, 5.41) is 0.922. The summed E-state index contributed by atoms with van der Waals surface area (Å²) in [5.41, 5.74) is 1.89. The van der Waals surface area contributed by atoms with Crippen LogP contribution in [0.4, 0.5) is 0 Å². The van der Waals surface area contributed by atoms with Gasteiger partial charge >= 0.3 is 5.63 Å². The van der Waals surface area contributed by atoms with Crippen molar-refractivity contribution in [3.05, 3.63) is 39.7 Å². The van der Waals surface area contributed by atoms with Gasteiger partial charge in [0.2, 0.25) is 0 Å². The molecule has 1 aromatic heterocycles. The molecular formula is C19H25NO4. The van der Waals surface area contributed by atoms with Gasteiger partial charge in [-0.25, -0.2) is 4.79 Å². The van der Waals surface area contributed by atoms with Crippen molar-refractivity contribution in [3.8, 4) is 5.75 Å². The number of benzene rings is 1. The molecule has 0 aliphatic rings. The van der Waals surface area contributed by atoms with Crippen LogP contribution in [0.15, 0.2) is 27.4 Å². The van der Waals surface area contributed by atoms with Gasteiger partial charge in [-0.15, -0.1) is 0 Å². The SMILES string of the molecule is CCCc1cc(=O)oc2c(C)c(OC(C)C(=O)N(C)CC)ccc12. The lowest BCUT2D eigenvalue weighted by atomic mass is 10.0. The molecule has 0 saturated heterocycles. The molecule has 1 amide bonds. The zero-order chi connectivity index (χ0) is 17.9. The molecule has 5 heteroatoms. The Labute approximate surface area is 142 Å². The molecule has 0 spiro atoms. The summed E-state index contributed by atoms with van der Waals surface area (Å²) in [6.07, 6.45) is 1.17. The fourth-order valence-corrected chi connectivity index (χ4v) is 2.72. The van der Waals surface area contributed by atoms with E-state index >= 15 is 0 Å². The average Bonchev–Trinajstić information content (AvgIpc) is 2.56. The third-order valence-electron chi connectivity index (χ3n) is 4.22. The fourth-order valence-electron chi connectivity index (χ4n) is 2.72. The minimum Gasteiger partial charge on any atom is -0.480 e. The zero-order valence-electron chi connectivity index (χ0n) is 15.0. The number of nitrogens with zero attached hydrogens (tertiary/aromatic N) is 1. The van der Waals surface area contributed by atoms with Crippen LogP contribution in [-0.2, 0) is 11.2 Å². The van der Waals surface area contributed by atoms with Crippen LogP contribution in [0.5, 0.6) is 5.75 Å². The maximum atomic E-state index is 12.2. The van der Waals surface area contributed by atoms with E-state index in [-0.39, 0.29) is 11.5 Å². The minimum atomic E-state index is -0.600. The number of likely N-dealkylation sites (N-methyl/N-ethyl adjacent to an activating group) is 1. The Kier molecular flexibility index (Phi) is 5.65. The Morgan fingerprint density at radius 2 is 2.04 bits per heavy atom. The lowest BCUT2D eigenvalue weighted by Gasteiger charge is -2.21. The Balaban J connectivity index is 2.41. The second-order valence-corrected chi connectivity index (χ2v) is 6.02. The highest BCUT2D eigenvalue weighted by Gasteiger charge is 2.20. The Hall–Kier alpha value is -2.30. The van der Waals surface area contributed by atoms with Crippen LogP contribution in [0.25, 0.3) is 11.0 Å². The number of hydrogen-bond acceptors (Lipinski definition) is 4. The van der Waals surface area contributed by atoms with Gasteiger partial charge in [0.15, 0.2) is 6.10 Å². The summed E-state index contributed by atoms with van der Waals surface area (Å²) in [7, 11) is 1.74. The highest BCUT2D eigenvalue weighted by atomic mass is 16.5. The third kappa shape index (κ3) is 3.61. The van der Waals surface area contributed by atoms with Crippen LogP contribution in [0.3, 0.4) is 0 Å². The summed E-state index contributed by atoms with van der Waals surface area (Å²) in [5.74, 6) is 0.475. The number of hydrogen-bond donors (Lipinski definition) is 0. The first-order valence-corrected chi connectivity index (χ1v) is 8.37. The van der Waals surface area contributed by atoms with Gasteiger partial charge < -0.3 is 14.1 Å². The average molecular weight is 331 g/mol. The van der Waals surface area contributed by atoms with Gasteiger partial charge in [-0.2, -0.15) is 0 Å². The molecule has 2 aromatic rings. The van der Waals surface area contributed by atoms with E-state index in [2.05, 4.69) is 6.92 Å². The first-order chi connectivity index (χ1) is 11.4. The molecule has 0 N–H and O–H groups in total. The van der Waals surface area contributed by atoms with Crippen molar-refractivity contribution in [2.75, 3.05) is 13.6 Å². The van der Waals surface area contributed by atoms with Crippen LogP contribution in [0.1, 0.15) is 38.3 Å². The number of carbonyl (C=O) groups excluding carboxylic acids is 1. The van der Waals surface area contributed by atoms with Crippen LogP contribution in [-0.4, -0.2) is 30.5 Å². The first-order valence-electron chi connectivity index (χ1n) is 8.37. The highest BCUT2D eigenvalue weighted by Crippen LogP contribution is 2.29. The second-order valence-electron chi connectivity index (χ2n) is 6.02. The summed E-state index contributed by atoms with van der Waals surface area (Å²) in [4.78, 5) is 25.6. The number of amides is 1. The van der Waals surface area contributed by atoms with Crippen molar-refractivity contribution in [3.63, 3.8) is 0 Å². The van der Waals surface area contributed by atoms with Gasteiger partial charge in [-0.3, -0.25) is 4.79 Å². The van der Waals surface area contributed by atoms with Crippen molar-refractivity contribution in [1.29, 1.82) is 0 Å². The third-order valence-corrected chi connectivity index (χ3v) is 4.22. The van der Waals surface area contributed by atoms with E-state index < -0.39 is 6.10 Å². The Morgan fingerprint density at radius 1 is 1.33 bits per heavy atom. The topological polar surface area (TPSA) is 59.8 Å². The molecule has 5 nitrogen and oxygen atoms in total. The van der Waals surface area contributed by atoms with E-state index in [1.54, 1.807) is 24.9 Å². The van der Waals surface area contributed by atoms with Crippen molar-refractivity contribution < 1.29 is 13.9 Å². The van der Waals surface area contributed by atoms with Crippen molar-refractivity contribution in [1.82, 2.24) is 4.90 Å². The van der Waals surface area contributed by atoms with Gasteiger partial charge in [-0.1, -0.05) is 13.3 Å². The molecule has 0 radical (unpaired) electrons. The Morgan fingerprint density at radius 3 is 2.67 bits per heavy atom. The molecule has 0 saturated carbocycles. The molecule has 1 atom stereocenters. The summed E-state index contributed by atoms with van der Waals surface area (Å²) >= 11 is 0. The normalized spacial score (nSPS) is 12.2. The van der Waals surface area contributed by atoms with Gasteiger partial charge in [0.25, 0.3) is 5.91 Å².